The molecule has 0 aromatic heterocycles. The lowest BCUT2D eigenvalue weighted by atomic mass is 10.1. The Morgan fingerprint density at radius 1 is 1.05 bits per heavy atom. The zero-order valence-electron chi connectivity index (χ0n) is 11.3. The van der Waals surface area contributed by atoms with E-state index in [9.17, 15) is 14.0 Å². The lowest BCUT2D eigenvalue weighted by Gasteiger charge is -2.22. The number of nitrogens with zero attached hydrogens (tertiary/aromatic N) is 1. The highest BCUT2D eigenvalue weighted by molar-refractivity contribution is 6.21. The van der Waals surface area contributed by atoms with Crippen LogP contribution >= 0.6 is 0 Å². The standard InChI is InChI=1S/C16H13FN2O2/c1-9(10-3-2-4-11(17)7-10)19-15(20)13-6-5-12(18)8-14(13)16(19)21/h2-9H,18H2,1H3. The van der Waals surface area contributed by atoms with Crippen LogP contribution in [0.4, 0.5) is 10.1 Å². The third-order valence-electron chi connectivity index (χ3n) is 3.66. The number of imide groups is 1. The van der Waals surface area contributed by atoms with E-state index in [0.29, 0.717) is 22.4 Å². The summed E-state index contributed by atoms with van der Waals surface area (Å²) in [6, 6.07) is 9.96. The lowest BCUT2D eigenvalue weighted by Crippen LogP contribution is -2.32. The molecule has 1 heterocycles. The molecule has 1 atom stereocenters. The molecular formula is C16H13FN2O2. The molecule has 1 aliphatic heterocycles. The molecule has 3 rings (SSSR count). The monoisotopic (exact) mass is 284 g/mol. The van der Waals surface area contributed by atoms with Crippen molar-refractivity contribution in [3.05, 3.63) is 65.0 Å². The molecule has 106 valence electrons. The molecule has 2 aromatic carbocycles. The van der Waals surface area contributed by atoms with Gasteiger partial charge in [-0.1, -0.05) is 12.1 Å². The Hall–Kier alpha value is -2.69. The first kappa shape index (κ1) is 13.3. The van der Waals surface area contributed by atoms with Gasteiger partial charge in [0, 0.05) is 5.69 Å². The van der Waals surface area contributed by atoms with Gasteiger partial charge in [0.15, 0.2) is 0 Å². The summed E-state index contributed by atoms with van der Waals surface area (Å²) < 4.78 is 13.3. The largest absolute Gasteiger partial charge is 0.399 e. The minimum Gasteiger partial charge on any atom is -0.399 e. The molecule has 0 aliphatic carbocycles. The number of anilines is 1. The molecular weight excluding hydrogens is 271 g/mol. The van der Waals surface area contributed by atoms with Crippen LogP contribution in [0.3, 0.4) is 0 Å². The maximum absolute atomic E-state index is 13.3. The fourth-order valence-corrected chi connectivity index (χ4v) is 2.54. The molecule has 0 saturated heterocycles. The molecule has 0 fully saturated rings. The molecule has 2 amide bonds. The number of rotatable bonds is 2. The van der Waals surface area contributed by atoms with E-state index in [-0.39, 0.29) is 5.91 Å². The Labute approximate surface area is 121 Å². The molecule has 5 heteroatoms. The van der Waals surface area contributed by atoms with Crippen LogP contribution in [0.5, 0.6) is 0 Å². The van der Waals surface area contributed by atoms with Crippen LogP contribution in [-0.2, 0) is 0 Å². The van der Waals surface area contributed by atoms with Gasteiger partial charge in [-0.15, -0.1) is 0 Å². The van der Waals surface area contributed by atoms with Gasteiger partial charge in [-0.05, 0) is 42.8 Å². The summed E-state index contributed by atoms with van der Waals surface area (Å²) >= 11 is 0. The molecule has 1 unspecified atom stereocenters. The minimum absolute atomic E-state index is 0.295. The summed E-state index contributed by atoms with van der Waals surface area (Å²) in [6.07, 6.45) is 0. The Morgan fingerprint density at radius 2 is 1.76 bits per heavy atom. The summed E-state index contributed by atoms with van der Waals surface area (Å²) in [5, 5.41) is 0. The Bertz CT molecular complexity index is 758. The first-order chi connectivity index (χ1) is 9.99. The number of hydrogen-bond acceptors (Lipinski definition) is 3. The predicted molar refractivity (Wildman–Crippen MR) is 76.2 cm³/mol. The molecule has 1 aliphatic rings. The molecule has 0 saturated carbocycles. The fourth-order valence-electron chi connectivity index (χ4n) is 2.54. The molecule has 0 radical (unpaired) electrons. The van der Waals surface area contributed by atoms with E-state index in [1.54, 1.807) is 31.2 Å². The van der Waals surface area contributed by atoms with E-state index in [1.807, 2.05) is 0 Å². The van der Waals surface area contributed by atoms with Gasteiger partial charge in [0.25, 0.3) is 11.8 Å². The van der Waals surface area contributed by atoms with Crippen molar-refractivity contribution in [2.24, 2.45) is 0 Å². The molecule has 2 N–H and O–H groups in total. The van der Waals surface area contributed by atoms with Gasteiger partial charge in [-0.3, -0.25) is 14.5 Å². The first-order valence-corrected chi connectivity index (χ1v) is 6.52. The van der Waals surface area contributed by atoms with Crippen LogP contribution in [0, 0.1) is 5.82 Å². The number of hydrogen-bond donors (Lipinski definition) is 1. The molecule has 0 spiro atoms. The zero-order valence-corrected chi connectivity index (χ0v) is 11.3. The van der Waals surface area contributed by atoms with Crippen molar-refractivity contribution in [3.63, 3.8) is 0 Å². The Kier molecular flexibility index (Phi) is 2.97. The summed E-state index contributed by atoms with van der Waals surface area (Å²) in [5.41, 5.74) is 7.28. The third kappa shape index (κ3) is 2.07. The number of carbonyl (C=O) groups is 2. The zero-order chi connectivity index (χ0) is 15.1. The van der Waals surface area contributed by atoms with Crippen LogP contribution in [0.25, 0.3) is 0 Å². The number of carbonyl (C=O) groups excluding carboxylic acids is 2. The quantitative estimate of drug-likeness (QED) is 0.681. The topological polar surface area (TPSA) is 63.4 Å². The van der Waals surface area contributed by atoms with Crippen LogP contribution in [0.2, 0.25) is 0 Å². The normalized spacial score (nSPS) is 15.2. The second kappa shape index (κ2) is 4.70. The van der Waals surface area contributed by atoms with Gasteiger partial charge in [-0.25, -0.2) is 4.39 Å². The summed E-state index contributed by atoms with van der Waals surface area (Å²) in [4.78, 5) is 25.9. The third-order valence-corrected chi connectivity index (χ3v) is 3.66. The minimum atomic E-state index is -0.547. The number of nitrogens with two attached hydrogens (primary N) is 1. The fraction of sp³-hybridized carbons (Fsp3) is 0.125. The molecule has 4 nitrogen and oxygen atoms in total. The molecule has 0 bridgehead atoms. The van der Waals surface area contributed by atoms with Gasteiger partial charge in [-0.2, -0.15) is 0 Å². The molecule has 2 aromatic rings. The maximum atomic E-state index is 13.3. The predicted octanol–water partition coefficient (Wildman–Crippen LogP) is 2.77. The SMILES string of the molecule is CC(c1cccc(F)c1)N1C(=O)c2ccc(N)cc2C1=O. The van der Waals surface area contributed by atoms with Crippen molar-refractivity contribution in [2.45, 2.75) is 13.0 Å². The van der Waals surface area contributed by atoms with Crippen LogP contribution in [0.1, 0.15) is 39.2 Å². The van der Waals surface area contributed by atoms with E-state index in [2.05, 4.69) is 0 Å². The average Bonchev–Trinajstić information content (AvgIpc) is 2.70. The van der Waals surface area contributed by atoms with E-state index < -0.39 is 17.8 Å². The maximum Gasteiger partial charge on any atom is 0.262 e. The number of fused-ring (bicyclic) bond motifs is 1. The number of nitrogen functional groups attached to an aromatic ring is 1. The Balaban J connectivity index is 2.01. The smallest absolute Gasteiger partial charge is 0.262 e. The summed E-state index contributed by atoms with van der Waals surface area (Å²) in [6.45, 7) is 1.69. The summed E-state index contributed by atoms with van der Waals surface area (Å²) in [7, 11) is 0. The highest BCUT2D eigenvalue weighted by atomic mass is 19.1. The van der Waals surface area contributed by atoms with Crippen molar-refractivity contribution in [1.82, 2.24) is 4.90 Å². The highest BCUT2D eigenvalue weighted by Gasteiger charge is 2.38. The van der Waals surface area contributed by atoms with Crippen LogP contribution < -0.4 is 5.73 Å². The number of amides is 2. The van der Waals surface area contributed by atoms with Crippen molar-refractivity contribution in [3.8, 4) is 0 Å². The second-order valence-electron chi connectivity index (χ2n) is 5.02. The first-order valence-electron chi connectivity index (χ1n) is 6.52. The van der Waals surface area contributed by atoms with Gasteiger partial charge < -0.3 is 5.73 Å². The van der Waals surface area contributed by atoms with E-state index in [0.717, 1.165) is 4.90 Å². The highest BCUT2D eigenvalue weighted by Crippen LogP contribution is 2.32. The number of benzene rings is 2. The van der Waals surface area contributed by atoms with E-state index in [1.165, 1.54) is 18.2 Å². The lowest BCUT2D eigenvalue weighted by molar-refractivity contribution is 0.0595. The summed E-state index contributed by atoms with van der Waals surface area (Å²) in [5.74, 6) is -1.19. The van der Waals surface area contributed by atoms with Crippen LogP contribution in [0.15, 0.2) is 42.5 Å². The van der Waals surface area contributed by atoms with Crippen molar-refractivity contribution < 1.29 is 14.0 Å². The Morgan fingerprint density at radius 3 is 2.48 bits per heavy atom. The number of halogens is 1. The van der Waals surface area contributed by atoms with Gasteiger partial charge in [0.2, 0.25) is 0 Å². The van der Waals surface area contributed by atoms with E-state index in [4.69, 9.17) is 5.73 Å². The van der Waals surface area contributed by atoms with Gasteiger partial charge in [0.05, 0.1) is 17.2 Å². The van der Waals surface area contributed by atoms with Gasteiger partial charge in [0.1, 0.15) is 5.82 Å². The van der Waals surface area contributed by atoms with Crippen molar-refractivity contribution in [2.75, 3.05) is 5.73 Å². The average molecular weight is 284 g/mol. The van der Waals surface area contributed by atoms with E-state index >= 15 is 0 Å². The van der Waals surface area contributed by atoms with Crippen molar-refractivity contribution in [1.29, 1.82) is 0 Å². The molecule has 21 heavy (non-hydrogen) atoms. The van der Waals surface area contributed by atoms with Crippen LogP contribution in [-0.4, -0.2) is 16.7 Å². The second-order valence-corrected chi connectivity index (χ2v) is 5.02. The van der Waals surface area contributed by atoms with Gasteiger partial charge >= 0.3 is 0 Å². The van der Waals surface area contributed by atoms with Crippen molar-refractivity contribution >= 4 is 17.5 Å².